The number of aliphatic hydroxyl groups is 1. The zero-order chi connectivity index (χ0) is 14.0. The van der Waals surface area contributed by atoms with Gasteiger partial charge in [0, 0.05) is 14.5 Å². The van der Waals surface area contributed by atoms with E-state index in [0.717, 1.165) is 8.95 Å². The molecule has 5 heteroatoms. The van der Waals surface area contributed by atoms with Crippen LogP contribution in [0.15, 0.2) is 45.3 Å². The smallest absolute Gasteiger partial charge is 0.171 e. The van der Waals surface area contributed by atoms with Crippen LogP contribution in [0.25, 0.3) is 0 Å². The van der Waals surface area contributed by atoms with Gasteiger partial charge in [-0.15, -0.1) is 0 Å². The first-order valence-corrected chi connectivity index (χ1v) is 7.08. The van der Waals surface area contributed by atoms with Crippen molar-refractivity contribution in [2.45, 2.75) is 6.10 Å². The van der Waals surface area contributed by atoms with Crippen molar-refractivity contribution >= 4 is 31.9 Å². The van der Waals surface area contributed by atoms with Crippen LogP contribution in [0.4, 0.5) is 4.39 Å². The predicted octanol–water partition coefficient (Wildman–Crippen LogP) is 4.44. The molecule has 0 bridgehead atoms. The van der Waals surface area contributed by atoms with E-state index in [1.54, 1.807) is 18.2 Å². The quantitative estimate of drug-likeness (QED) is 0.840. The van der Waals surface area contributed by atoms with Crippen molar-refractivity contribution in [2.75, 3.05) is 7.11 Å². The van der Waals surface area contributed by atoms with Crippen LogP contribution in [-0.4, -0.2) is 12.2 Å². The third kappa shape index (κ3) is 3.16. The van der Waals surface area contributed by atoms with Crippen molar-refractivity contribution in [3.8, 4) is 5.75 Å². The minimum atomic E-state index is -1.05. The van der Waals surface area contributed by atoms with Gasteiger partial charge in [0.1, 0.15) is 6.10 Å². The lowest BCUT2D eigenvalue weighted by molar-refractivity contribution is 0.213. The minimum absolute atomic E-state index is 0.116. The van der Waals surface area contributed by atoms with Crippen LogP contribution in [-0.2, 0) is 0 Å². The van der Waals surface area contributed by atoms with Gasteiger partial charge in [0.15, 0.2) is 11.6 Å². The number of benzene rings is 2. The summed E-state index contributed by atoms with van der Waals surface area (Å²) in [6, 6.07) is 10.0. The summed E-state index contributed by atoms with van der Waals surface area (Å²) < 4.78 is 20.6. The maximum Gasteiger partial charge on any atom is 0.171 e. The van der Waals surface area contributed by atoms with E-state index in [1.807, 2.05) is 6.07 Å². The van der Waals surface area contributed by atoms with Gasteiger partial charge in [-0.3, -0.25) is 0 Å². The van der Waals surface area contributed by atoms with Crippen molar-refractivity contribution in [3.63, 3.8) is 0 Å². The molecule has 0 amide bonds. The summed E-state index contributed by atoms with van der Waals surface area (Å²) in [6.07, 6.45) is -1.05. The van der Waals surface area contributed by atoms with Crippen LogP contribution in [0.1, 0.15) is 17.2 Å². The Hall–Kier alpha value is -0.910. The van der Waals surface area contributed by atoms with Gasteiger partial charge in [-0.2, -0.15) is 0 Å². The van der Waals surface area contributed by atoms with E-state index in [0.29, 0.717) is 5.56 Å². The fourth-order valence-electron chi connectivity index (χ4n) is 1.81. The zero-order valence-electron chi connectivity index (χ0n) is 10.0. The minimum Gasteiger partial charge on any atom is -0.494 e. The molecule has 2 aromatic rings. The lowest BCUT2D eigenvalue weighted by atomic mass is 10.0. The molecular formula is C14H11Br2FO2. The standard InChI is InChI=1S/C14H11Br2FO2/c1-19-12-4-2-3-11(13(12)17)14(18)8-5-9(15)7-10(16)6-8/h2-7,14,18H,1H3. The van der Waals surface area contributed by atoms with Crippen molar-refractivity contribution in [1.82, 2.24) is 0 Å². The van der Waals surface area contributed by atoms with Gasteiger partial charge >= 0.3 is 0 Å². The van der Waals surface area contributed by atoms with Crippen LogP contribution in [0, 0.1) is 5.82 Å². The zero-order valence-corrected chi connectivity index (χ0v) is 13.2. The molecule has 0 aliphatic rings. The van der Waals surface area contributed by atoms with Gasteiger partial charge in [-0.05, 0) is 29.8 Å². The van der Waals surface area contributed by atoms with E-state index in [2.05, 4.69) is 31.9 Å². The van der Waals surface area contributed by atoms with Crippen LogP contribution in [0.2, 0.25) is 0 Å². The van der Waals surface area contributed by atoms with E-state index in [9.17, 15) is 9.50 Å². The van der Waals surface area contributed by atoms with Gasteiger partial charge in [-0.25, -0.2) is 4.39 Å². The Morgan fingerprint density at radius 2 is 1.79 bits per heavy atom. The number of halogens is 3. The van der Waals surface area contributed by atoms with Gasteiger partial charge in [-0.1, -0.05) is 44.0 Å². The molecule has 19 heavy (non-hydrogen) atoms. The summed E-state index contributed by atoms with van der Waals surface area (Å²) in [5.74, 6) is -0.431. The SMILES string of the molecule is COc1cccc(C(O)c2cc(Br)cc(Br)c2)c1F. The number of rotatable bonds is 3. The number of hydrogen-bond donors (Lipinski definition) is 1. The Morgan fingerprint density at radius 3 is 2.37 bits per heavy atom. The highest BCUT2D eigenvalue weighted by atomic mass is 79.9. The molecular weight excluding hydrogens is 379 g/mol. The first-order valence-electron chi connectivity index (χ1n) is 5.49. The maximum atomic E-state index is 14.1. The summed E-state index contributed by atoms with van der Waals surface area (Å²) in [7, 11) is 1.39. The van der Waals surface area contributed by atoms with E-state index in [1.165, 1.54) is 19.2 Å². The summed E-state index contributed by atoms with van der Waals surface area (Å²) in [6.45, 7) is 0. The van der Waals surface area contributed by atoms with E-state index in [4.69, 9.17) is 4.74 Å². The topological polar surface area (TPSA) is 29.5 Å². The van der Waals surface area contributed by atoms with Gasteiger partial charge in [0.25, 0.3) is 0 Å². The predicted molar refractivity (Wildman–Crippen MR) is 78.9 cm³/mol. The average molecular weight is 390 g/mol. The molecule has 0 aliphatic heterocycles. The monoisotopic (exact) mass is 388 g/mol. The fourth-order valence-corrected chi connectivity index (χ4v) is 3.14. The second kappa shape index (κ2) is 6.03. The normalized spacial score (nSPS) is 12.3. The number of hydrogen-bond acceptors (Lipinski definition) is 2. The van der Waals surface area contributed by atoms with Crippen LogP contribution >= 0.6 is 31.9 Å². The molecule has 0 fully saturated rings. The van der Waals surface area contributed by atoms with E-state index in [-0.39, 0.29) is 11.3 Å². The van der Waals surface area contributed by atoms with Gasteiger partial charge in [0.05, 0.1) is 7.11 Å². The Morgan fingerprint density at radius 1 is 1.16 bits per heavy atom. The lowest BCUT2D eigenvalue weighted by Crippen LogP contribution is -2.04. The van der Waals surface area contributed by atoms with E-state index < -0.39 is 11.9 Å². The molecule has 100 valence electrons. The third-order valence-electron chi connectivity index (χ3n) is 2.71. The number of aliphatic hydroxyl groups excluding tert-OH is 1. The summed E-state index contributed by atoms with van der Waals surface area (Å²) >= 11 is 6.68. The number of ether oxygens (including phenoxy) is 1. The molecule has 2 aromatic carbocycles. The molecule has 0 radical (unpaired) electrons. The summed E-state index contributed by atoms with van der Waals surface area (Å²) in [5.41, 5.74) is 0.776. The Kier molecular flexibility index (Phi) is 4.60. The molecule has 1 unspecified atom stereocenters. The molecule has 1 atom stereocenters. The summed E-state index contributed by atoms with van der Waals surface area (Å²) in [5, 5.41) is 10.3. The van der Waals surface area contributed by atoms with Crippen LogP contribution in [0.5, 0.6) is 5.75 Å². The highest BCUT2D eigenvalue weighted by molar-refractivity contribution is 9.11. The van der Waals surface area contributed by atoms with Crippen molar-refractivity contribution < 1.29 is 14.2 Å². The highest BCUT2D eigenvalue weighted by Gasteiger charge is 2.18. The van der Waals surface area contributed by atoms with E-state index >= 15 is 0 Å². The second-order valence-electron chi connectivity index (χ2n) is 3.97. The van der Waals surface area contributed by atoms with Crippen molar-refractivity contribution in [2.24, 2.45) is 0 Å². The molecule has 2 rings (SSSR count). The molecule has 0 saturated carbocycles. The van der Waals surface area contributed by atoms with Gasteiger partial charge in [0.2, 0.25) is 0 Å². The first kappa shape index (κ1) is 14.5. The third-order valence-corrected chi connectivity index (χ3v) is 3.62. The molecule has 0 aromatic heterocycles. The molecule has 0 heterocycles. The van der Waals surface area contributed by atoms with Crippen LogP contribution < -0.4 is 4.74 Å². The maximum absolute atomic E-state index is 14.1. The molecule has 0 saturated heterocycles. The van der Waals surface area contributed by atoms with Gasteiger partial charge < -0.3 is 9.84 Å². The molecule has 2 nitrogen and oxygen atoms in total. The Labute approximate surface area is 127 Å². The lowest BCUT2D eigenvalue weighted by Gasteiger charge is -2.15. The fraction of sp³-hybridized carbons (Fsp3) is 0.143. The first-order chi connectivity index (χ1) is 9.02. The average Bonchev–Trinajstić information content (AvgIpc) is 2.37. The highest BCUT2D eigenvalue weighted by Crippen LogP contribution is 2.32. The van der Waals surface area contributed by atoms with Crippen molar-refractivity contribution in [3.05, 3.63) is 62.3 Å². The largest absolute Gasteiger partial charge is 0.494 e. The van der Waals surface area contributed by atoms with Crippen LogP contribution in [0.3, 0.4) is 0 Å². The number of methoxy groups -OCH3 is 1. The Bertz CT molecular complexity index is 582. The second-order valence-corrected chi connectivity index (χ2v) is 5.80. The molecule has 1 N–H and O–H groups in total. The molecule has 0 spiro atoms. The summed E-state index contributed by atoms with van der Waals surface area (Å²) in [4.78, 5) is 0. The molecule has 0 aliphatic carbocycles. The Balaban J connectivity index is 2.46. The van der Waals surface area contributed by atoms with Crippen molar-refractivity contribution in [1.29, 1.82) is 0 Å².